The van der Waals surface area contributed by atoms with E-state index in [4.69, 9.17) is 14.9 Å². The molecule has 4 nitrogen and oxygen atoms in total. The lowest BCUT2D eigenvalue weighted by Crippen LogP contribution is -2.46. The molecule has 108 valence electrons. The van der Waals surface area contributed by atoms with Crippen LogP contribution in [-0.4, -0.2) is 23.9 Å². The number of hydrogen-bond acceptors (Lipinski definition) is 5. The summed E-state index contributed by atoms with van der Waals surface area (Å²) < 4.78 is 10.2. The third kappa shape index (κ3) is 5.28. The molecule has 0 aliphatic rings. The molecule has 1 unspecified atom stereocenters. The summed E-state index contributed by atoms with van der Waals surface area (Å²) in [5.74, 6) is 1.65. The van der Waals surface area contributed by atoms with E-state index in [1.165, 1.54) is 4.90 Å². The molecule has 0 radical (unpaired) electrons. The summed E-state index contributed by atoms with van der Waals surface area (Å²) in [6.45, 7) is 5.86. The van der Waals surface area contributed by atoms with Crippen LogP contribution in [0.5, 0.6) is 0 Å². The number of carbonyl (C=O) groups excluding carboxylic acids is 1. The first-order valence-electron chi connectivity index (χ1n) is 6.60. The number of esters is 1. The Morgan fingerprint density at radius 3 is 2.84 bits per heavy atom. The molecular weight excluding hydrogens is 262 g/mol. The van der Waals surface area contributed by atoms with Crippen molar-refractivity contribution in [2.24, 2.45) is 5.73 Å². The van der Waals surface area contributed by atoms with Crippen LogP contribution in [0.3, 0.4) is 0 Å². The molecule has 0 saturated carbocycles. The zero-order valence-electron chi connectivity index (χ0n) is 11.9. The lowest BCUT2D eigenvalue weighted by molar-refractivity contribution is -0.149. The summed E-state index contributed by atoms with van der Waals surface area (Å²) in [4.78, 5) is 12.8. The van der Waals surface area contributed by atoms with E-state index in [0.29, 0.717) is 13.0 Å². The highest BCUT2D eigenvalue weighted by atomic mass is 32.2. The van der Waals surface area contributed by atoms with Gasteiger partial charge in [-0.15, -0.1) is 11.8 Å². The summed E-state index contributed by atoms with van der Waals surface area (Å²) in [5, 5.41) is 0. The van der Waals surface area contributed by atoms with Crippen LogP contribution in [0.4, 0.5) is 0 Å². The number of thioether (sulfide) groups is 1. The second kappa shape index (κ2) is 7.60. The first-order valence-corrected chi connectivity index (χ1v) is 7.59. The Labute approximate surface area is 119 Å². The van der Waals surface area contributed by atoms with Gasteiger partial charge < -0.3 is 14.9 Å². The Morgan fingerprint density at radius 1 is 1.53 bits per heavy atom. The lowest BCUT2D eigenvalue weighted by Gasteiger charge is -2.21. The fourth-order valence-electron chi connectivity index (χ4n) is 1.70. The Hall–Kier alpha value is -0.940. The number of hydrogen-bond donors (Lipinski definition) is 1. The van der Waals surface area contributed by atoms with Crippen LogP contribution in [-0.2, 0) is 9.53 Å². The van der Waals surface area contributed by atoms with Crippen LogP contribution in [0.25, 0.3) is 0 Å². The Balaban J connectivity index is 2.20. The van der Waals surface area contributed by atoms with E-state index in [2.05, 4.69) is 0 Å². The van der Waals surface area contributed by atoms with Gasteiger partial charge in [0.15, 0.2) is 0 Å². The molecule has 5 heteroatoms. The number of nitrogens with two attached hydrogens (primary N) is 1. The zero-order chi connectivity index (χ0) is 14.3. The van der Waals surface area contributed by atoms with Gasteiger partial charge >= 0.3 is 5.97 Å². The quantitative estimate of drug-likeness (QED) is 0.451. The monoisotopic (exact) mass is 285 g/mol. The zero-order valence-corrected chi connectivity index (χ0v) is 12.7. The predicted molar refractivity (Wildman–Crippen MR) is 77.2 cm³/mol. The fourth-order valence-corrected chi connectivity index (χ4v) is 2.67. The van der Waals surface area contributed by atoms with Crippen molar-refractivity contribution in [2.75, 3.05) is 12.4 Å². The van der Waals surface area contributed by atoms with Gasteiger partial charge in [0.1, 0.15) is 11.3 Å². The highest BCUT2D eigenvalue weighted by Crippen LogP contribution is 2.24. The predicted octanol–water partition coefficient (Wildman–Crippen LogP) is 3.13. The van der Waals surface area contributed by atoms with Gasteiger partial charge in [0.05, 0.1) is 12.9 Å². The number of aryl methyl sites for hydroxylation is 1. The van der Waals surface area contributed by atoms with Crippen LogP contribution < -0.4 is 5.73 Å². The summed E-state index contributed by atoms with van der Waals surface area (Å²) in [6, 6.07) is 1.98. The average Bonchev–Trinajstić information content (AvgIpc) is 2.75. The summed E-state index contributed by atoms with van der Waals surface area (Å²) in [5.41, 5.74) is 5.08. The maximum atomic E-state index is 11.6. The molecule has 1 aromatic heterocycles. The van der Waals surface area contributed by atoms with Crippen molar-refractivity contribution in [3.05, 3.63) is 18.1 Å². The molecule has 0 aromatic carbocycles. The number of furan rings is 1. The van der Waals surface area contributed by atoms with Crippen molar-refractivity contribution in [3.8, 4) is 0 Å². The molecule has 0 spiro atoms. The van der Waals surface area contributed by atoms with E-state index in [0.717, 1.165) is 24.4 Å². The maximum absolute atomic E-state index is 11.6. The summed E-state index contributed by atoms with van der Waals surface area (Å²) in [6.07, 6.45) is 4.28. The molecule has 0 amide bonds. The molecule has 2 N–H and O–H groups in total. The normalized spacial score (nSPS) is 14.1. The lowest BCUT2D eigenvalue weighted by atomic mass is 9.96. The van der Waals surface area contributed by atoms with Crippen LogP contribution in [0.2, 0.25) is 0 Å². The van der Waals surface area contributed by atoms with Gasteiger partial charge in [-0.25, -0.2) is 0 Å². The summed E-state index contributed by atoms with van der Waals surface area (Å²) in [7, 11) is 0. The van der Waals surface area contributed by atoms with Crippen LogP contribution in [0.15, 0.2) is 21.6 Å². The van der Waals surface area contributed by atoms with E-state index in [1.54, 1.807) is 31.9 Å². The summed E-state index contributed by atoms with van der Waals surface area (Å²) >= 11 is 1.77. The Kier molecular flexibility index (Phi) is 6.45. The highest BCUT2D eigenvalue weighted by Gasteiger charge is 2.28. The maximum Gasteiger partial charge on any atom is 0.325 e. The molecule has 0 aliphatic carbocycles. The van der Waals surface area contributed by atoms with Crippen molar-refractivity contribution < 1.29 is 13.9 Å². The van der Waals surface area contributed by atoms with Gasteiger partial charge in [-0.1, -0.05) is 6.42 Å². The largest absolute Gasteiger partial charge is 0.468 e. The van der Waals surface area contributed by atoms with Crippen molar-refractivity contribution >= 4 is 17.7 Å². The van der Waals surface area contributed by atoms with Crippen LogP contribution in [0.1, 0.15) is 38.9 Å². The highest BCUT2D eigenvalue weighted by molar-refractivity contribution is 7.99. The average molecular weight is 285 g/mol. The van der Waals surface area contributed by atoms with Gasteiger partial charge in [-0.05, 0) is 45.4 Å². The minimum atomic E-state index is -0.869. The SMILES string of the molecule is CCOC(=O)C(C)(N)CCCCSc1ccoc1C. The Morgan fingerprint density at radius 2 is 2.26 bits per heavy atom. The smallest absolute Gasteiger partial charge is 0.325 e. The molecule has 1 aromatic rings. The van der Waals surface area contributed by atoms with Gasteiger partial charge in [0, 0.05) is 4.90 Å². The van der Waals surface area contributed by atoms with E-state index in [9.17, 15) is 4.79 Å². The van der Waals surface area contributed by atoms with E-state index in [1.807, 2.05) is 13.0 Å². The van der Waals surface area contributed by atoms with Crippen LogP contribution >= 0.6 is 11.8 Å². The third-order valence-corrected chi connectivity index (χ3v) is 4.13. The van der Waals surface area contributed by atoms with E-state index < -0.39 is 5.54 Å². The van der Waals surface area contributed by atoms with Crippen molar-refractivity contribution in [1.82, 2.24) is 0 Å². The molecule has 19 heavy (non-hydrogen) atoms. The molecule has 0 aliphatic heterocycles. The van der Waals surface area contributed by atoms with Crippen molar-refractivity contribution in [2.45, 2.75) is 50.5 Å². The second-order valence-electron chi connectivity index (χ2n) is 4.78. The Bertz CT molecular complexity index is 401. The molecule has 0 saturated heterocycles. The van der Waals surface area contributed by atoms with Crippen molar-refractivity contribution in [3.63, 3.8) is 0 Å². The first-order chi connectivity index (χ1) is 8.97. The van der Waals surface area contributed by atoms with Gasteiger partial charge in [-0.3, -0.25) is 4.79 Å². The standard InChI is InChI=1S/C14H23NO3S/c1-4-17-13(16)14(3,15)8-5-6-10-19-12-7-9-18-11(12)2/h7,9H,4-6,8,10,15H2,1-3H3. The first kappa shape index (κ1) is 16.1. The van der Waals surface area contributed by atoms with Crippen LogP contribution in [0, 0.1) is 6.92 Å². The molecule has 0 bridgehead atoms. The number of rotatable bonds is 8. The number of unbranched alkanes of at least 4 members (excludes halogenated alkanes) is 1. The minimum absolute atomic E-state index is 0.312. The number of ether oxygens (including phenoxy) is 1. The molecule has 1 heterocycles. The topological polar surface area (TPSA) is 65.5 Å². The number of carbonyl (C=O) groups is 1. The molecule has 0 fully saturated rings. The third-order valence-electron chi connectivity index (χ3n) is 2.90. The molecule has 1 rings (SSSR count). The second-order valence-corrected chi connectivity index (χ2v) is 5.92. The van der Waals surface area contributed by atoms with E-state index in [-0.39, 0.29) is 5.97 Å². The van der Waals surface area contributed by atoms with Crippen molar-refractivity contribution in [1.29, 1.82) is 0 Å². The fraction of sp³-hybridized carbons (Fsp3) is 0.643. The molecular formula is C14H23NO3S. The minimum Gasteiger partial charge on any atom is -0.468 e. The van der Waals surface area contributed by atoms with Gasteiger partial charge in [0.2, 0.25) is 0 Å². The molecule has 1 atom stereocenters. The van der Waals surface area contributed by atoms with Gasteiger partial charge in [-0.2, -0.15) is 0 Å². The van der Waals surface area contributed by atoms with E-state index >= 15 is 0 Å². The van der Waals surface area contributed by atoms with Gasteiger partial charge in [0.25, 0.3) is 0 Å².